The smallest absolute Gasteiger partial charge is 0.169 e. The number of ether oxygens (including phenoxy) is 1. The summed E-state index contributed by atoms with van der Waals surface area (Å²) in [6.07, 6.45) is 5.46. The summed E-state index contributed by atoms with van der Waals surface area (Å²) >= 11 is 1.71. The van der Waals surface area contributed by atoms with E-state index in [-0.39, 0.29) is 0 Å². The summed E-state index contributed by atoms with van der Waals surface area (Å²) in [6, 6.07) is 16.0. The molecule has 5 nitrogen and oxygen atoms in total. The Morgan fingerprint density at radius 1 is 1.04 bits per heavy atom. The van der Waals surface area contributed by atoms with Gasteiger partial charge in [-0.1, -0.05) is 30.0 Å². The molecule has 0 radical (unpaired) electrons. The molecule has 3 aromatic heterocycles. The average Bonchev–Trinajstić information content (AvgIpc) is 3.05. The fourth-order valence-electron chi connectivity index (χ4n) is 2.73. The molecule has 3 heterocycles. The Hall–Kier alpha value is -2.86. The number of methoxy groups -OCH3 is 1. The average molecular weight is 362 g/mol. The van der Waals surface area contributed by atoms with Crippen LogP contribution in [0.2, 0.25) is 0 Å². The maximum absolute atomic E-state index is 5.22. The predicted octanol–water partition coefficient (Wildman–Crippen LogP) is 4.18. The van der Waals surface area contributed by atoms with Crippen LogP contribution in [0.3, 0.4) is 0 Å². The molecule has 0 N–H and O–H groups in total. The van der Waals surface area contributed by atoms with E-state index in [2.05, 4.69) is 26.7 Å². The van der Waals surface area contributed by atoms with Gasteiger partial charge in [-0.3, -0.25) is 9.97 Å². The standard InChI is InChI=1S/C20H18N4OS/c1-25-17-7-5-15(6-8-17)14-26-20-23-18-9-11-21-12-19(18)24(20)13-16-4-2-3-10-22-16/h2-12H,13-14H2,1H3. The summed E-state index contributed by atoms with van der Waals surface area (Å²) < 4.78 is 7.40. The maximum Gasteiger partial charge on any atom is 0.169 e. The molecule has 0 atom stereocenters. The van der Waals surface area contributed by atoms with E-state index in [0.717, 1.165) is 33.4 Å². The Morgan fingerprint density at radius 3 is 2.69 bits per heavy atom. The highest BCUT2D eigenvalue weighted by molar-refractivity contribution is 7.98. The number of rotatable bonds is 6. The van der Waals surface area contributed by atoms with Gasteiger partial charge in [0, 0.05) is 18.1 Å². The van der Waals surface area contributed by atoms with Gasteiger partial charge in [0.15, 0.2) is 5.16 Å². The predicted molar refractivity (Wildman–Crippen MR) is 103 cm³/mol. The molecule has 0 bridgehead atoms. The van der Waals surface area contributed by atoms with E-state index in [1.54, 1.807) is 25.1 Å². The van der Waals surface area contributed by atoms with Crippen LogP contribution in [0.5, 0.6) is 5.75 Å². The number of nitrogens with zero attached hydrogens (tertiary/aromatic N) is 4. The lowest BCUT2D eigenvalue weighted by Crippen LogP contribution is -2.03. The Kier molecular flexibility index (Phi) is 4.84. The first-order valence-electron chi connectivity index (χ1n) is 8.29. The second-order valence-corrected chi connectivity index (χ2v) is 6.75. The normalized spacial score (nSPS) is 11.0. The molecule has 1 aromatic carbocycles. The van der Waals surface area contributed by atoms with E-state index in [1.165, 1.54) is 5.56 Å². The largest absolute Gasteiger partial charge is 0.497 e. The third-order valence-electron chi connectivity index (χ3n) is 4.09. The molecular weight excluding hydrogens is 344 g/mol. The third-order valence-corrected chi connectivity index (χ3v) is 5.14. The zero-order valence-corrected chi connectivity index (χ0v) is 15.2. The summed E-state index contributed by atoms with van der Waals surface area (Å²) in [5.74, 6) is 1.70. The number of thioether (sulfide) groups is 1. The molecule has 0 aliphatic rings. The first kappa shape index (κ1) is 16.6. The van der Waals surface area contributed by atoms with Gasteiger partial charge in [0.2, 0.25) is 0 Å². The number of pyridine rings is 2. The molecular formula is C20H18N4OS. The van der Waals surface area contributed by atoms with Crippen LogP contribution in [0.25, 0.3) is 11.0 Å². The van der Waals surface area contributed by atoms with Gasteiger partial charge in [-0.25, -0.2) is 4.98 Å². The quantitative estimate of drug-likeness (QED) is 0.482. The van der Waals surface area contributed by atoms with Crippen molar-refractivity contribution in [2.45, 2.75) is 17.5 Å². The van der Waals surface area contributed by atoms with Crippen LogP contribution in [0, 0.1) is 0 Å². The number of aromatic nitrogens is 4. The van der Waals surface area contributed by atoms with Crippen LogP contribution in [0.4, 0.5) is 0 Å². The molecule has 26 heavy (non-hydrogen) atoms. The molecule has 4 rings (SSSR count). The second kappa shape index (κ2) is 7.58. The van der Waals surface area contributed by atoms with Crippen LogP contribution in [0.15, 0.2) is 72.3 Å². The Bertz CT molecular complexity index is 999. The van der Waals surface area contributed by atoms with Gasteiger partial charge in [-0.2, -0.15) is 0 Å². The van der Waals surface area contributed by atoms with Gasteiger partial charge in [0.25, 0.3) is 0 Å². The van der Waals surface area contributed by atoms with Crippen molar-refractivity contribution in [3.63, 3.8) is 0 Å². The summed E-state index contributed by atoms with van der Waals surface area (Å²) in [5.41, 5.74) is 4.20. The summed E-state index contributed by atoms with van der Waals surface area (Å²) in [5, 5.41) is 0.967. The van der Waals surface area contributed by atoms with E-state index in [9.17, 15) is 0 Å². The van der Waals surface area contributed by atoms with Gasteiger partial charge in [-0.15, -0.1) is 0 Å². The highest BCUT2D eigenvalue weighted by Gasteiger charge is 2.12. The second-order valence-electron chi connectivity index (χ2n) is 5.80. The molecule has 0 aliphatic heterocycles. The zero-order valence-electron chi connectivity index (χ0n) is 14.4. The summed E-state index contributed by atoms with van der Waals surface area (Å²) in [6.45, 7) is 0.675. The number of hydrogen-bond donors (Lipinski definition) is 0. The van der Waals surface area contributed by atoms with Crippen LogP contribution < -0.4 is 4.74 Å². The van der Waals surface area contributed by atoms with Crippen LogP contribution in [-0.4, -0.2) is 26.6 Å². The number of fused-ring (bicyclic) bond motifs is 1. The van der Waals surface area contributed by atoms with Gasteiger partial charge in [0.05, 0.1) is 36.6 Å². The molecule has 130 valence electrons. The van der Waals surface area contributed by atoms with Crippen LogP contribution in [0.1, 0.15) is 11.3 Å². The monoisotopic (exact) mass is 362 g/mol. The Balaban J connectivity index is 1.61. The van der Waals surface area contributed by atoms with Crippen molar-refractivity contribution in [3.8, 4) is 5.75 Å². The van der Waals surface area contributed by atoms with E-state index < -0.39 is 0 Å². The molecule has 0 amide bonds. The Labute approximate surface area is 156 Å². The molecule has 0 spiro atoms. The number of hydrogen-bond acceptors (Lipinski definition) is 5. The molecule has 0 saturated heterocycles. The van der Waals surface area contributed by atoms with Gasteiger partial charge in [-0.05, 0) is 35.9 Å². The molecule has 0 saturated carbocycles. The van der Waals surface area contributed by atoms with Crippen molar-refractivity contribution in [3.05, 3.63) is 78.4 Å². The molecule has 0 fully saturated rings. The lowest BCUT2D eigenvalue weighted by Gasteiger charge is -2.08. The van der Waals surface area contributed by atoms with E-state index in [0.29, 0.717) is 6.54 Å². The Morgan fingerprint density at radius 2 is 1.92 bits per heavy atom. The first-order valence-corrected chi connectivity index (χ1v) is 9.28. The van der Waals surface area contributed by atoms with Gasteiger partial charge >= 0.3 is 0 Å². The number of benzene rings is 1. The third kappa shape index (κ3) is 3.55. The number of imidazole rings is 1. The first-order chi connectivity index (χ1) is 12.8. The SMILES string of the molecule is COc1ccc(CSc2nc3ccncc3n2Cc2ccccn2)cc1. The molecule has 0 aliphatic carbocycles. The lowest BCUT2D eigenvalue weighted by molar-refractivity contribution is 0.414. The minimum Gasteiger partial charge on any atom is -0.497 e. The van der Waals surface area contributed by atoms with Crippen molar-refractivity contribution in [2.24, 2.45) is 0 Å². The van der Waals surface area contributed by atoms with Crippen LogP contribution >= 0.6 is 11.8 Å². The fourth-order valence-corrected chi connectivity index (χ4v) is 3.70. The summed E-state index contributed by atoms with van der Waals surface area (Å²) in [4.78, 5) is 13.5. The van der Waals surface area contributed by atoms with Gasteiger partial charge in [0.1, 0.15) is 5.75 Å². The van der Waals surface area contributed by atoms with E-state index in [1.807, 2.05) is 48.8 Å². The van der Waals surface area contributed by atoms with Crippen molar-refractivity contribution >= 4 is 22.8 Å². The zero-order chi connectivity index (χ0) is 17.8. The highest BCUT2D eigenvalue weighted by Crippen LogP contribution is 2.27. The van der Waals surface area contributed by atoms with Gasteiger partial charge < -0.3 is 9.30 Å². The van der Waals surface area contributed by atoms with Crippen molar-refractivity contribution in [1.29, 1.82) is 0 Å². The highest BCUT2D eigenvalue weighted by atomic mass is 32.2. The minimum absolute atomic E-state index is 0.675. The molecule has 0 unspecified atom stereocenters. The minimum atomic E-state index is 0.675. The fraction of sp³-hybridized carbons (Fsp3) is 0.150. The van der Waals surface area contributed by atoms with E-state index in [4.69, 9.17) is 9.72 Å². The summed E-state index contributed by atoms with van der Waals surface area (Å²) in [7, 11) is 1.68. The topological polar surface area (TPSA) is 52.8 Å². The molecule has 4 aromatic rings. The maximum atomic E-state index is 5.22. The van der Waals surface area contributed by atoms with Crippen molar-refractivity contribution in [2.75, 3.05) is 7.11 Å². The van der Waals surface area contributed by atoms with Crippen LogP contribution in [-0.2, 0) is 12.3 Å². The molecule has 6 heteroatoms. The van der Waals surface area contributed by atoms with Crippen molar-refractivity contribution in [1.82, 2.24) is 19.5 Å². The van der Waals surface area contributed by atoms with Crippen molar-refractivity contribution < 1.29 is 4.74 Å². The van der Waals surface area contributed by atoms with E-state index >= 15 is 0 Å². The lowest BCUT2D eigenvalue weighted by atomic mass is 10.2.